The molecule has 0 bridgehead atoms. The van der Waals surface area contributed by atoms with E-state index in [0.29, 0.717) is 19.5 Å². The number of amides is 1. The van der Waals surface area contributed by atoms with Gasteiger partial charge in [0.1, 0.15) is 0 Å². The Labute approximate surface area is 148 Å². The van der Waals surface area contributed by atoms with Crippen LogP contribution in [0.2, 0.25) is 0 Å². The van der Waals surface area contributed by atoms with Crippen LogP contribution in [-0.2, 0) is 9.59 Å². The molecule has 0 aromatic carbocycles. The van der Waals surface area contributed by atoms with E-state index in [1.54, 1.807) is 4.90 Å². The molecule has 0 aliphatic rings. The number of carbonyl (C=O) groups excluding carboxylic acids is 1. The number of carboxylic acids is 1. The third-order valence-electron chi connectivity index (χ3n) is 4.45. The maximum Gasteiger partial charge on any atom is 0.307 e. The molecule has 0 heterocycles. The summed E-state index contributed by atoms with van der Waals surface area (Å²) < 4.78 is 0. The number of rotatable bonds is 15. The molecular weight excluding hydrogens is 302 g/mol. The van der Waals surface area contributed by atoms with E-state index in [1.165, 1.54) is 25.7 Å². The molecule has 0 saturated carbocycles. The number of allylic oxidation sites excluding steroid dienone is 2. The highest BCUT2D eigenvalue weighted by atomic mass is 16.4. The average molecular weight is 340 g/mol. The molecule has 0 aliphatic heterocycles. The van der Waals surface area contributed by atoms with Gasteiger partial charge in [-0.2, -0.15) is 0 Å². The minimum absolute atomic E-state index is 0.0374. The highest BCUT2D eigenvalue weighted by Gasteiger charge is 2.22. The van der Waals surface area contributed by atoms with E-state index in [0.717, 1.165) is 25.7 Å². The van der Waals surface area contributed by atoms with Crippen LogP contribution in [0.5, 0.6) is 0 Å². The molecule has 0 saturated heterocycles. The second-order valence-corrected chi connectivity index (χ2v) is 6.41. The van der Waals surface area contributed by atoms with Crippen LogP contribution in [0.15, 0.2) is 12.2 Å². The summed E-state index contributed by atoms with van der Waals surface area (Å²) in [5.74, 6) is -1.41. The number of carbonyl (C=O) groups is 2. The van der Waals surface area contributed by atoms with Crippen molar-refractivity contribution in [2.45, 2.75) is 85.0 Å². The Kier molecular flexibility index (Phi) is 14.4. The van der Waals surface area contributed by atoms with Crippen molar-refractivity contribution in [1.29, 1.82) is 0 Å². The van der Waals surface area contributed by atoms with Gasteiger partial charge < -0.3 is 10.0 Å². The summed E-state index contributed by atoms with van der Waals surface area (Å²) in [5.41, 5.74) is 0. The van der Waals surface area contributed by atoms with E-state index < -0.39 is 11.9 Å². The Morgan fingerprint density at radius 2 is 1.50 bits per heavy atom. The lowest BCUT2D eigenvalue weighted by Crippen LogP contribution is -2.33. The smallest absolute Gasteiger partial charge is 0.307 e. The van der Waals surface area contributed by atoms with Gasteiger partial charge in [0, 0.05) is 19.5 Å². The van der Waals surface area contributed by atoms with Crippen molar-refractivity contribution in [3.8, 4) is 0 Å². The number of aliphatic carboxylic acids is 1. The third kappa shape index (κ3) is 11.3. The Morgan fingerprint density at radius 1 is 0.917 bits per heavy atom. The molecule has 4 heteroatoms. The van der Waals surface area contributed by atoms with Crippen LogP contribution < -0.4 is 0 Å². The number of unbranched alkanes of at least 4 members (excludes halogenated alkanes) is 6. The summed E-state index contributed by atoms with van der Waals surface area (Å²) in [4.78, 5) is 25.1. The van der Waals surface area contributed by atoms with Gasteiger partial charge in [-0.05, 0) is 39.5 Å². The normalized spacial score (nSPS) is 12.5. The second kappa shape index (κ2) is 15.2. The SMILES string of the molecule is CCCC/C=C/CCCCCCC(CC(=O)N(CC)CC)C(=O)O. The van der Waals surface area contributed by atoms with Gasteiger partial charge in [0.15, 0.2) is 0 Å². The van der Waals surface area contributed by atoms with Crippen LogP contribution in [0.25, 0.3) is 0 Å². The van der Waals surface area contributed by atoms with Crippen LogP contribution in [-0.4, -0.2) is 35.0 Å². The van der Waals surface area contributed by atoms with Gasteiger partial charge >= 0.3 is 5.97 Å². The molecule has 1 amide bonds. The minimum atomic E-state index is -0.839. The topological polar surface area (TPSA) is 57.6 Å². The fourth-order valence-corrected chi connectivity index (χ4v) is 2.79. The van der Waals surface area contributed by atoms with E-state index in [1.807, 2.05) is 13.8 Å². The summed E-state index contributed by atoms with van der Waals surface area (Å²) >= 11 is 0. The number of hydrogen-bond donors (Lipinski definition) is 1. The summed E-state index contributed by atoms with van der Waals surface area (Å²) in [7, 11) is 0. The molecule has 1 atom stereocenters. The molecule has 0 rings (SSSR count). The summed E-state index contributed by atoms with van der Waals surface area (Å²) in [6.45, 7) is 7.34. The molecule has 0 aromatic heterocycles. The molecule has 1 unspecified atom stereocenters. The summed E-state index contributed by atoms with van der Waals surface area (Å²) in [6.07, 6.45) is 14.3. The first-order valence-electron chi connectivity index (χ1n) is 9.72. The number of hydrogen-bond acceptors (Lipinski definition) is 2. The van der Waals surface area contributed by atoms with Crippen molar-refractivity contribution in [2.24, 2.45) is 5.92 Å². The van der Waals surface area contributed by atoms with E-state index in [9.17, 15) is 14.7 Å². The fourth-order valence-electron chi connectivity index (χ4n) is 2.79. The Hall–Kier alpha value is -1.32. The zero-order valence-corrected chi connectivity index (χ0v) is 15.9. The zero-order chi connectivity index (χ0) is 18.2. The fraction of sp³-hybridized carbons (Fsp3) is 0.800. The van der Waals surface area contributed by atoms with Crippen molar-refractivity contribution < 1.29 is 14.7 Å². The molecule has 0 aromatic rings. The first-order chi connectivity index (χ1) is 11.6. The highest BCUT2D eigenvalue weighted by molar-refractivity contribution is 5.82. The van der Waals surface area contributed by atoms with Crippen molar-refractivity contribution in [3.63, 3.8) is 0 Å². The zero-order valence-electron chi connectivity index (χ0n) is 15.9. The van der Waals surface area contributed by atoms with Crippen molar-refractivity contribution in [1.82, 2.24) is 4.90 Å². The van der Waals surface area contributed by atoms with Gasteiger partial charge in [-0.15, -0.1) is 0 Å². The number of nitrogens with zero attached hydrogens (tertiary/aromatic N) is 1. The molecule has 0 fully saturated rings. The predicted molar refractivity (Wildman–Crippen MR) is 100 cm³/mol. The maximum absolute atomic E-state index is 12.1. The predicted octanol–water partition coefficient (Wildman–Crippen LogP) is 5.03. The van der Waals surface area contributed by atoms with Crippen molar-refractivity contribution in [2.75, 3.05) is 13.1 Å². The standard InChI is InChI=1S/C20H37NO3/c1-4-7-8-9-10-11-12-13-14-15-16-18(20(23)24)17-19(22)21(5-2)6-3/h9-10,18H,4-8,11-17H2,1-3H3,(H,23,24)/b10-9+. The quantitative estimate of drug-likeness (QED) is 0.336. The minimum Gasteiger partial charge on any atom is -0.481 e. The molecular formula is C20H37NO3. The van der Waals surface area contributed by atoms with Gasteiger partial charge in [0.25, 0.3) is 0 Å². The van der Waals surface area contributed by atoms with Gasteiger partial charge in [-0.25, -0.2) is 0 Å². The Bertz CT molecular complexity index is 362. The summed E-state index contributed by atoms with van der Waals surface area (Å²) in [6, 6.07) is 0. The van der Waals surface area contributed by atoms with E-state index in [-0.39, 0.29) is 12.3 Å². The maximum atomic E-state index is 12.1. The van der Waals surface area contributed by atoms with Crippen LogP contribution in [0, 0.1) is 5.92 Å². The molecule has 24 heavy (non-hydrogen) atoms. The van der Waals surface area contributed by atoms with Gasteiger partial charge in [0.2, 0.25) is 5.91 Å². The van der Waals surface area contributed by atoms with E-state index in [2.05, 4.69) is 19.1 Å². The molecule has 4 nitrogen and oxygen atoms in total. The van der Waals surface area contributed by atoms with Gasteiger partial charge in [0.05, 0.1) is 5.92 Å². The van der Waals surface area contributed by atoms with Gasteiger partial charge in [-0.3, -0.25) is 9.59 Å². The molecule has 1 N–H and O–H groups in total. The monoisotopic (exact) mass is 339 g/mol. The van der Waals surface area contributed by atoms with Crippen molar-refractivity contribution in [3.05, 3.63) is 12.2 Å². The lowest BCUT2D eigenvalue weighted by molar-refractivity contribution is -0.146. The lowest BCUT2D eigenvalue weighted by atomic mass is 9.96. The van der Waals surface area contributed by atoms with E-state index >= 15 is 0 Å². The molecule has 0 aliphatic carbocycles. The molecule has 0 radical (unpaired) electrons. The summed E-state index contributed by atoms with van der Waals surface area (Å²) in [5, 5.41) is 9.31. The Balaban J connectivity index is 3.88. The second-order valence-electron chi connectivity index (χ2n) is 6.41. The third-order valence-corrected chi connectivity index (χ3v) is 4.45. The van der Waals surface area contributed by atoms with E-state index in [4.69, 9.17) is 0 Å². The highest BCUT2D eigenvalue weighted by Crippen LogP contribution is 2.17. The van der Waals surface area contributed by atoms with Crippen molar-refractivity contribution >= 4 is 11.9 Å². The first-order valence-corrected chi connectivity index (χ1v) is 9.72. The Morgan fingerprint density at radius 3 is 2.04 bits per heavy atom. The van der Waals surface area contributed by atoms with Crippen LogP contribution in [0.1, 0.15) is 85.0 Å². The van der Waals surface area contributed by atoms with Crippen LogP contribution in [0.4, 0.5) is 0 Å². The molecule has 0 spiro atoms. The van der Waals surface area contributed by atoms with Crippen LogP contribution >= 0.6 is 0 Å². The lowest BCUT2D eigenvalue weighted by Gasteiger charge is -2.21. The molecule has 140 valence electrons. The van der Waals surface area contributed by atoms with Gasteiger partial charge in [-0.1, -0.05) is 51.2 Å². The largest absolute Gasteiger partial charge is 0.481 e. The van der Waals surface area contributed by atoms with Crippen LogP contribution in [0.3, 0.4) is 0 Å². The average Bonchev–Trinajstić information content (AvgIpc) is 2.56. The number of carboxylic acid groups (broad SMARTS) is 1. The first kappa shape index (κ1) is 22.7.